The summed E-state index contributed by atoms with van der Waals surface area (Å²) < 4.78 is 51.3. The van der Waals surface area contributed by atoms with Gasteiger partial charge in [0, 0.05) is 49.6 Å². The van der Waals surface area contributed by atoms with E-state index in [0.29, 0.717) is 18.5 Å². The number of aliphatic hydroxyl groups excluding tert-OH is 2. The third kappa shape index (κ3) is 14.9. The fraction of sp³-hybridized carbons (Fsp3) is 0.772. The monoisotopic (exact) mass is 1060 g/mol. The average molecular weight is 1060 g/mol. The van der Waals surface area contributed by atoms with Crippen LogP contribution in [-0.4, -0.2) is 198 Å². The fourth-order valence-corrected chi connectivity index (χ4v) is 12.0. The van der Waals surface area contributed by atoms with Gasteiger partial charge in [-0.3, -0.25) is 9.59 Å². The molecule has 1 aliphatic carbocycles. The number of nitrogens with zero attached hydrogens (tertiary/aromatic N) is 2. The molecular formula is C57H92N2O16. The number of likely N-dealkylation sites (N-methyl/N-ethyl adjacent to an activating group) is 2. The van der Waals surface area contributed by atoms with Gasteiger partial charge in [0.05, 0.1) is 61.4 Å². The van der Waals surface area contributed by atoms with E-state index in [1.54, 1.807) is 46.9 Å². The third-order valence-electron chi connectivity index (χ3n) is 16.4. The molecule has 18 heteroatoms. The van der Waals surface area contributed by atoms with E-state index >= 15 is 0 Å². The number of carboxylic acid groups (broad SMARTS) is 1. The zero-order chi connectivity index (χ0) is 55.9. The maximum absolute atomic E-state index is 14.6. The molecule has 3 saturated heterocycles. The number of allylic oxidation sites excluding steroid dienone is 1. The minimum absolute atomic E-state index is 0.137. The van der Waals surface area contributed by atoms with Crippen LogP contribution in [0, 0.1) is 17.8 Å². The van der Waals surface area contributed by atoms with Gasteiger partial charge in [0.15, 0.2) is 18.4 Å². The van der Waals surface area contributed by atoms with Crippen molar-refractivity contribution in [3.63, 3.8) is 0 Å². The number of Topliss-reactive ketones (excluding diaryl/α,β-unsaturated/α-hetero) is 1. The Morgan fingerprint density at radius 3 is 2.28 bits per heavy atom. The second kappa shape index (κ2) is 26.6. The van der Waals surface area contributed by atoms with Crippen LogP contribution in [0.2, 0.25) is 0 Å². The molecule has 0 radical (unpaired) electrons. The summed E-state index contributed by atoms with van der Waals surface area (Å²) in [5, 5.41) is 57.8. The summed E-state index contributed by atoms with van der Waals surface area (Å²) in [5.41, 5.74) is -2.63. The lowest BCUT2D eigenvalue weighted by molar-refractivity contribution is -0.321. The summed E-state index contributed by atoms with van der Waals surface area (Å²) in [6.07, 6.45) is -1.34. The summed E-state index contributed by atoms with van der Waals surface area (Å²) >= 11 is 0. The van der Waals surface area contributed by atoms with Gasteiger partial charge in [-0.05, 0) is 118 Å². The van der Waals surface area contributed by atoms with Gasteiger partial charge in [-0.2, -0.15) is 0 Å². The summed E-state index contributed by atoms with van der Waals surface area (Å²) in [5.74, 6) is -4.59. The molecule has 0 bridgehead atoms. The molecule has 18 nitrogen and oxygen atoms in total. The minimum atomic E-state index is -1.84. The van der Waals surface area contributed by atoms with Gasteiger partial charge in [0.25, 0.3) is 0 Å². The van der Waals surface area contributed by atoms with E-state index in [9.17, 15) is 39.9 Å². The Morgan fingerprint density at radius 2 is 1.65 bits per heavy atom. The Bertz CT molecular complexity index is 2110. The highest BCUT2D eigenvalue weighted by molar-refractivity contribution is 6.25. The molecule has 19 atom stereocenters. The highest BCUT2D eigenvalue weighted by atomic mass is 16.7. The standard InChI is InChI=1S/C57H92N2O16/c1-16-19-39-28-42(52(63)64)46(60)41-27-38(21-22-40(39)41)20-18-23-69-24-25-70-51-37(8)72-45(30-56(51,10)68-15)74-48-34(5)50(75-54-47(61)43(58(12)13)26-33(4)71-54)55(9,66)29-32(3)31-59(14)36(7)49(62)57(11,67)44(17-2)73-53(65)35(48)6/h18,20-22,27-28,32-37,39,43-45,47-51,54,61-62,66-67H,16-17,19,23-26,29-31H2,1-15H3,(H,63,64)/t32-,33-,34+,35-,36-,37+,39?,43+,44-,45?,47-,48+,49+,50-,51+,54+,55-,56-,57-/m1/s1. The highest BCUT2D eigenvalue weighted by Crippen LogP contribution is 2.41. The predicted octanol–water partition coefficient (Wildman–Crippen LogP) is 5.75. The number of carboxylic acids is 1. The largest absolute Gasteiger partial charge is 0.478 e. The number of rotatable bonds is 17. The molecule has 75 heavy (non-hydrogen) atoms. The lowest BCUT2D eigenvalue weighted by Crippen LogP contribution is -2.61. The first-order valence-electron chi connectivity index (χ1n) is 27.2. The number of aliphatic carboxylic acids is 1. The highest BCUT2D eigenvalue weighted by Gasteiger charge is 2.53. The second-order valence-corrected chi connectivity index (χ2v) is 22.9. The molecule has 1 aromatic rings. The van der Waals surface area contributed by atoms with Crippen molar-refractivity contribution < 1.29 is 77.8 Å². The first kappa shape index (κ1) is 62.6. The Morgan fingerprint density at radius 1 is 0.960 bits per heavy atom. The van der Waals surface area contributed by atoms with Crippen molar-refractivity contribution in [2.45, 2.75) is 211 Å². The van der Waals surface area contributed by atoms with Crippen LogP contribution in [0.4, 0.5) is 0 Å². The van der Waals surface area contributed by atoms with Gasteiger partial charge in [-0.15, -0.1) is 0 Å². The maximum atomic E-state index is 14.6. The molecule has 4 aliphatic rings. The van der Waals surface area contributed by atoms with Gasteiger partial charge in [0.2, 0.25) is 0 Å². The smallest absolute Gasteiger partial charge is 0.339 e. The summed E-state index contributed by atoms with van der Waals surface area (Å²) in [6, 6.07) is 4.66. The van der Waals surface area contributed by atoms with E-state index in [0.717, 1.165) is 24.0 Å². The first-order chi connectivity index (χ1) is 35.1. The van der Waals surface area contributed by atoms with Crippen LogP contribution in [0.5, 0.6) is 0 Å². The number of carbonyl (C=O) groups is 3. The Kier molecular flexibility index (Phi) is 22.2. The molecule has 5 rings (SSSR count). The van der Waals surface area contributed by atoms with Crippen molar-refractivity contribution in [3.8, 4) is 0 Å². The van der Waals surface area contributed by atoms with Gasteiger partial charge < -0.3 is 73.2 Å². The van der Waals surface area contributed by atoms with E-state index < -0.39 is 108 Å². The van der Waals surface area contributed by atoms with Gasteiger partial charge >= 0.3 is 11.9 Å². The molecule has 1 aromatic carbocycles. The van der Waals surface area contributed by atoms with Gasteiger partial charge in [-0.25, -0.2) is 4.79 Å². The van der Waals surface area contributed by atoms with Crippen molar-refractivity contribution in [1.29, 1.82) is 0 Å². The maximum Gasteiger partial charge on any atom is 0.339 e. The number of carbonyl (C=O) groups excluding carboxylic acids is 2. The van der Waals surface area contributed by atoms with Crippen molar-refractivity contribution in [3.05, 3.63) is 52.6 Å². The molecule has 2 unspecified atom stereocenters. The lowest BCUT2D eigenvalue weighted by Gasteiger charge is -2.49. The Hall–Kier alpha value is -3.21. The molecule has 0 saturated carbocycles. The number of aliphatic hydroxyl groups is 4. The van der Waals surface area contributed by atoms with Crippen LogP contribution < -0.4 is 0 Å². The summed E-state index contributed by atoms with van der Waals surface area (Å²) in [4.78, 5) is 43.4. The fourth-order valence-electron chi connectivity index (χ4n) is 12.0. The molecule has 3 heterocycles. The lowest BCUT2D eigenvalue weighted by atomic mass is 9.77. The summed E-state index contributed by atoms with van der Waals surface area (Å²) in [7, 11) is 7.19. The zero-order valence-corrected chi connectivity index (χ0v) is 47.4. The molecule has 0 amide bonds. The zero-order valence-electron chi connectivity index (χ0n) is 47.4. The number of methoxy groups -OCH3 is 1. The van der Waals surface area contributed by atoms with Crippen molar-refractivity contribution >= 4 is 23.8 Å². The molecule has 0 spiro atoms. The van der Waals surface area contributed by atoms with Gasteiger partial charge in [0.1, 0.15) is 35.6 Å². The number of ether oxygens (including phenoxy) is 8. The molecule has 3 fully saturated rings. The van der Waals surface area contributed by atoms with E-state index in [-0.39, 0.29) is 68.6 Å². The van der Waals surface area contributed by atoms with Crippen LogP contribution in [-0.2, 0) is 47.5 Å². The minimum Gasteiger partial charge on any atom is -0.478 e. The number of ketones is 1. The van der Waals surface area contributed by atoms with Crippen LogP contribution >= 0.6 is 0 Å². The van der Waals surface area contributed by atoms with Crippen LogP contribution in [0.15, 0.2) is 35.9 Å². The number of esters is 1. The van der Waals surface area contributed by atoms with Crippen molar-refractivity contribution in [2.75, 3.05) is 54.6 Å². The predicted molar refractivity (Wildman–Crippen MR) is 282 cm³/mol. The van der Waals surface area contributed by atoms with Crippen molar-refractivity contribution in [1.82, 2.24) is 9.80 Å². The number of hydrogen-bond donors (Lipinski definition) is 5. The average Bonchev–Trinajstić information content (AvgIpc) is 3.34. The van der Waals surface area contributed by atoms with Gasteiger partial charge in [-0.1, -0.05) is 64.5 Å². The Labute approximate surface area is 446 Å². The number of cyclic esters (lactones) is 1. The number of fused-ring (bicyclic) bond motifs is 1. The number of benzene rings is 1. The molecule has 3 aliphatic heterocycles. The number of hydrogen-bond acceptors (Lipinski definition) is 17. The second-order valence-electron chi connectivity index (χ2n) is 22.9. The van der Waals surface area contributed by atoms with Crippen LogP contribution in [0.25, 0.3) is 6.08 Å². The normalized spacial score (nSPS) is 39.9. The van der Waals surface area contributed by atoms with Crippen molar-refractivity contribution in [2.24, 2.45) is 17.8 Å². The quantitative estimate of drug-likeness (QED) is 0.0711. The molecule has 426 valence electrons. The van der Waals surface area contributed by atoms with E-state index in [1.807, 2.05) is 96.8 Å². The third-order valence-corrected chi connectivity index (χ3v) is 16.4. The van der Waals surface area contributed by atoms with E-state index in [4.69, 9.17) is 37.9 Å². The topological polar surface area (TPSA) is 233 Å². The molecular weight excluding hydrogens is 969 g/mol. The van der Waals surface area contributed by atoms with Crippen LogP contribution in [0.3, 0.4) is 0 Å². The Balaban J connectivity index is 1.35. The van der Waals surface area contributed by atoms with E-state index in [1.165, 1.54) is 6.92 Å². The molecule has 0 aromatic heterocycles. The first-order valence-corrected chi connectivity index (χ1v) is 27.2. The molecule has 5 N–H and O–H groups in total. The van der Waals surface area contributed by atoms with E-state index in [2.05, 4.69) is 0 Å². The van der Waals surface area contributed by atoms with Crippen LogP contribution in [0.1, 0.15) is 142 Å². The summed E-state index contributed by atoms with van der Waals surface area (Å²) in [6.45, 7) is 21.0. The SMILES string of the molecule is CCCC1C=C(C(=O)O)C(=O)c2cc(C=CCOCCO[C@H]3[C@H](C)OC(O[C@H]4[C@H](C)[C@@H](O[C@@H]5O[C@H](C)C[C@H](N(C)C)[C@H]5O)[C@](C)(O)C[C@@H](C)CN(C)[C@H](C)[C@H](O)[C@](C)(O)[C@@H](CC)OC(=O)[C@@H]4C)C[C@@]3(C)OC)ccc21.